The van der Waals surface area contributed by atoms with Crippen molar-refractivity contribution >= 4 is 17.5 Å². The number of nitro groups is 1. The van der Waals surface area contributed by atoms with Crippen LogP contribution in [0.3, 0.4) is 0 Å². The molecule has 34 heavy (non-hydrogen) atoms. The van der Waals surface area contributed by atoms with E-state index < -0.39 is 4.92 Å². The minimum atomic E-state index is -0.492. The van der Waals surface area contributed by atoms with Gasteiger partial charge < -0.3 is 15.0 Å². The number of aromatic nitrogens is 1. The first-order valence-corrected chi connectivity index (χ1v) is 11.7. The molecular formula is C25H32N4O5. The third-order valence-electron chi connectivity index (χ3n) is 6.02. The molecule has 182 valence electrons. The number of pyridine rings is 1. The second kappa shape index (κ2) is 11.7. The number of nitro benzene ring substituents is 1. The number of carbonyl (C=O) groups is 2. The van der Waals surface area contributed by atoms with Crippen molar-refractivity contribution in [3.8, 4) is 0 Å². The highest BCUT2D eigenvalue weighted by molar-refractivity contribution is 5.97. The number of hydrogen-bond donors (Lipinski definition) is 1. The van der Waals surface area contributed by atoms with Gasteiger partial charge >= 0.3 is 0 Å². The number of nitrogens with one attached hydrogen (secondary N) is 1. The molecule has 1 aliphatic heterocycles. The first kappa shape index (κ1) is 25.3. The van der Waals surface area contributed by atoms with Crippen LogP contribution < -0.4 is 5.32 Å². The molecule has 1 fully saturated rings. The normalized spacial score (nSPS) is 14.1. The fourth-order valence-corrected chi connectivity index (χ4v) is 4.14. The third kappa shape index (κ3) is 6.17. The summed E-state index contributed by atoms with van der Waals surface area (Å²) in [4.78, 5) is 42.9. The van der Waals surface area contributed by atoms with Crippen LogP contribution >= 0.6 is 0 Å². The van der Waals surface area contributed by atoms with Crippen LogP contribution in [0.5, 0.6) is 0 Å². The average Bonchev–Trinajstić information content (AvgIpc) is 2.83. The quantitative estimate of drug-likeness (QED) is 0.340. The predicted octanol–water partition coefficient (Wildman–Crippen LogP) is 3.78. The molecule has 1 aromatic heterocycles. The number of carbonyl (C=O) groups excluding carboxylic acids is 2. The second-order valence-electron chi connectivity index (χ2n) is 8.58. The molecule has 2 amide bonds. The first-order valence-electron chi connectivity index (χ1n) is 11.7. The molecule has 1 aromatic carbocycles. The van der Waals surface area contributed by atoms with Crippen molar-refractivity contribution in [3.63, 3.8) is 0 Å². The number of ether oxygens (including phenoxy) is 1. The monoisotopic (exact) mass is 468 g/mol. The zero-order chi connectivity index (χ0) is 24.7. The first-order chi connectivity index (χ1) is 16.3. The van der Waals surface area contributed by atoms with Gasteiger partial charge in [-0.15, -0.1) is 0 Å². The van der Waals surface area contributed by atoms with Gasteiger partial charge in [-0.1, -0.05) is 13.0 Å². The van der Waals surface area contributed by atoms with Gasteiger partial charge in [0.1, 0.15) is 0 Å². The maximum Gasteiger partial charge on any atom is 0.270 e. The zero-order valence-corrected chi connectivity index (χ0v) is 20.0. The average molecular weight is 469 g/mol. The minimum Gasteiger partial charge on any atom is -0.380 e. The number of nitrogens with zero attached hydrogens (tertiary/aromatic N) is 3. The van der Waals surface area contributed by atoms with E-state index in [9.17, 15) is 19.7 Å². The molecule has 1 aliphatic rings. The molecule has 1 saturated heterocycles. The van der Waals surface area contributed by atoms with Gasteiger partial charge in [-0.3, -0.25) is 24.7 Å². The van der Waals surface area contributed by atoms with Crippen LogP contribution in [0.4, 0.5) is 5.69 Å². The van der Waals surface area contributed by atoms with Crippen molar-refractivity contribution in [2.45, 2.75) is 46.0 Å². The van der Waals surface area contributed by atoms with Crippen LogP contribution in [-0.4, -0.2) is 59.5 Å². The number of non-ortho nitro benzene ring substituents is 1. The maximum absolute atomic E-state index is 13.1. The largest absolute Gasteiger partial charge is 0.380 e. The molecule has 0 aliphatic carbocycles. The lowest BCUT2D eigenvalue weighted by Gasteiger charge is -2.32. The highest BCUT2D eigenvalue weighted by atomic mass is 16.6. The number of hydrogen-bond acceptors (Lipinski definition) is 6. The molecule has 9 nitrogen and oxygen atoms in total. The zero-order valence-electron chi connectivity index (χ0n) is 20.0. The van der Waals surface area contributed by atoms with Gasteiger partial charge in [-0.25, -0.2) is 0 Å². The SMILES string of the molecule is CCCOCCNC(=O)c1ccc(C)nc1C1CCN(C(=O)c2cc([N+](=O)[O-])ccc2C)CC1. The van der Waals surface area contributed by atoms with Crippen LogP contribution in [0.2, 0.25) is 0 Å². The summed E-state index contributed by atoms with van der Waals surface area (Å²) in [6, 6.07) is 8.00. The van der Waals surface area contributed by atoms with Crippen molar-refractivity contribution in [1.29, 1.82) is 0 Å². The third-order valence-corrected chi connectivity index (χ3v) is 6.02. The lowest BCUT2D eigenvalue weighted by atomic mass is 9.89. The fraction of sp³-hybridized carbons (Fsp3) is 0.480. The molecule has 0 radical (unpaired) electrons. The summed E-state index contributed by atoms with van der Waals surface area (Å²) in [6.07, 6.45) is 2.26. The van der Waals surface area contributed by atoms with E-state index in [1.54, 1.807) is 17.9 Å². The van der Waals surface area contributed by atoms with E-state index >= 15 is 0 Å². The van der Waals surface area contributed by atoms with Gasteiger partial charge in [0, 0.05) is 55.5 Å². The number of rotatable bonds is 9. The molecular weight excluding hydrogens is 436 g/mol. The van der Waals surface area contributed by atoms with E-state index in [2.05, 4.69) is 10.3 Å². The fourth-order valence-electron chi connectivity index (χ4n) is 4.14. The lowest BCUT2D eigenvalue weighted by Crippen LogP contribution is -2.39. The Morgan fingerprint density at radius 2 is 1.88 bits per heavy atom. The Kier molecular flexibility index (Phi) is 8.70. The molecule has 0 unspecified atom stereocenters. The van der Waals surface area contributed by atoms with Gasteiger partial charge in [-0.2, -0.15) is 0 Å². The molecule has 3 rings (SSSR count). The van der Waals surface area contributed by atoms with Gasteiger partial charge in [-0.05, 0) is 50.8 Å². The van der Waals surface area contributed by atoms with E-state index in [-0.39, 0.29) is 23.4 Å². The highest BCUT2D eigenvalue weighted by Gasteiger charge is 2.29. The Balaban J connectivity index is 1.67. The Labute approximate surface area is 199 Å². The Morgan fingerprint density at radius 3 is 2.56 bits per heavy atom. The highest BCUT2D eigenvalue weighted by Crippen LogP contribution is 2.30. The summed E-state index contributed by atoms with van der Waals surface area (Å²) >= 11 is 0. The summed E-state index contributed by atoms with van der Waals surface area (Å²) in [6.45, 7) is 8.26. The van der Waals surface area contributed by atoms with Crippen molar-refractivity contribution in [3.05, 3.63) is 68.5 Å². The van der Waals surface area contributed by atoms with Gasteiger partial charge in [0.15, 0.2) is 0 Å². The van der Waals surface area contributed by atoms with Crippen LogP contribution in [0, 0.1) is 24.0 Å². The minimum absolute atomic E-state index is 0.0484. The van der Waals surface area contributed by atoms with Crippen LogP contribution in [-0.2, 0) is 4.74 Å². The van der Waals surface area contributed by atoms with E-state index in [1.165, 1.54) is 12.1 Å². The Morgan fingerprint density at radius 1 is 1.15 bits per heavy atom. The van der Waals surface area contributed by atoms with Gasteiger partial charge in [0.05, 0.1) is 22.8 Å². The molecule has 1 N–H and O–H groups in total. The Bertz CT molecular complexity index is 1050. The summed E-state index contributed by atoms with van der Waals surface area (Å²) in [7, 11) is 0. The second-order valence-corrected chi connectivity index (χ2v) is 8.58. The van der Waals surface area contributed by atoms with Crippen molar-refractivity contribution in [2.24, 2.45) is 0 Å². The maximum atomic E-state index is 13.1. The molecule has 0 atom stereocenters. The summed E-state index contributed by atoms with van der Waals surface area (Å²) in [5, 5.41) is 14.0. The predicted molar refractivity (Wildman–Crippen MR) is 128 cm³/mol. The summed E-state index contributed by atoms with van der Waals surface area (Å²) < 4.78 is 5.43. The van der Waals surface area contributed by atoms with Gasteiger partial charge in [0.2, 0.25) is 0 Å². The number of amides is 2. The summed E-state index contributed by atoms with van der Waals surface area (Å²) in [5.41, 5.74) is 3.12. The molecule has 0 saturated carbocycles. The Hall–Kier alpha value is -3.33. The van der Waals surface area contributed by atoms with Crippen molar-refractivity contribution in [1.82, 2.24) is 15.2 Å². The summed E-state index contributed by atoms with van der Waals surface area (Å²) in [5.74, 6) is -0.331. The number of likely N-dealkylation sites (tertiary alicyclic amines) is 1. The van der Waals surface area contributed by atoms with E-state index in [0.717, 1.165) is 17.8 Å². The molecule has 2 aromatic rings. The van der Waals surface area contributed by atoms with Gasteiger partial charge in [0.25, 0.3) is 17.5 Å². The van der Waals surface area contributed by atoms with Crippen LogP contribution in [0.15, 0.2) is 30.3 Å². The number of benzene rings is 1. The van der Waals surface area contributed by atoms with Crippen LogP contribution in [0.1, 0.15) is 69.8 Å². The number of piperidine rings is 1. The molecule has 0 spiro atoms. The van der Waals surface area contributed by atoms with E-state index in [4.69, 9.17) is 4.74 Å². The van der Waals surface area contributed by atoms with E-state index in [1.807, 2.05) is 26.0 Å². The number of aryl methyl sites for hydroxylation is 2. The van der Waals surface area contributed by atoms with Crippen LogP contribution in [0.25, 0.3) is 0 Å². The smallest absolute Gasteiger partial charge is 0.270 e. The topological polar surface area (TPSA) is 115 Å². The van der Waals surface area contributed by atoms with Crippen molar-refractivity contribution < 1.29 is 19.2 Å². The van der Waals surface area contributed by atoms with Crippen molar-refractivity contribution in [2.75, 3.05) is 32.8 Å². The molecule has 2 heterocycles. The lowest BCUT2D eigenvalue weighted by molar-refractivity contribution is -0.384. The van der Waals surface area contributed by atoms with E-state index in [0.29, 0.717) is 62.4 Å². The standard InChI is InChI=1S/C25H32N4O5/c1-4-14-34-15-11-26-24(30)21-8-6-18(3)27-23(21)19-9-12-28(13-10-19)25(31)22-16-20(29(32)33)7-5-17(22)2/h5-8,16,19H,4,9-15H2,1-3H3,(H,26,30). The molecule has 0 bridgehead atoms. The molecule has 9 heteroatoms.